The molecule has 2 aliphatic heterocycles. The minimum absolute atomic E-state index is 0. The Labute approximate surface area is 153 Å². The third-order valence-electron chi connectivity index (χ3n) is 5.05. The Morgan fingerprint density at radius 2 is 2.04 bits per heavy atom. The van der Waals surface area contributed by atoms with Crippen molar-refractivity contribution in [3.8, 4) is 0 Å². The van der Waals surface area contributed by atoms with E-state index in [4.69, 9.17) is 4.74 Å². The summed E-state index contributed by atoms with van der Waals surface area (Å²) in [4.78, 5) is 14.4. The van der Waals surface area contributed by atoms with Gasteiger partial charge in [-0.3, -0.25) is 0 Å². The van der Waals surface area contributed by atoms with Crippen LogP contribution in [0.25, 0.3) is 0 Å². The second-order valence-electron chi connectivity index (χ2n) is 6.68. The van der Waals surface area contributed by atoms with Crippen molar-refractivity contribution in [1.82, 2.24) is 0 Å². The van der Waals surface area contributed by atoms with Crippen molar-refractivity contribution >= 4 is 24.1 Å². The Hall–Kier alpha value is -2.04. The van der Waals surface area contributed by atoms with Gasteiger partial charge in [0, 0.05) is 30.8 Å². The van der Waals surface area contributed by atoms with Crippen molar-refractivity contribution < 1.29 is 14.6 Å². The molecule has 1 N–H and O–H groups in total. The highest BCUT2D eigenvalue weighted by atomic mass is 35.5. The minimum Gasteiger partial charge on any atom is -0.454 e. The van der Waals surface area contributed by atoms with Crippen LogP contribution >= 0.6 is 12.4 Å². The molecule has 0 aromatic heterocycles. The topological polar surface area (TPSA) is 49.8 Å². The number of ether oxygens (including phenoxy) is 1. The maximum atomic E-state index is 12.3. The van der Waals surface area contributed by atoms with Crippen LogP contribution in [-0.4, -0.2) is 30.3 Å². The molecular formula is C20H22ClNO3. The lowest BCUT2D eigenvalue weighted by molar-refractivity contribution is 0.0387. The average Bonchev–Trinajstić information content (AvgIpc) is 3.14. The lowest BCUT2D eigenvalue weighted by atomic mass is 9.96. The van der Waals surface area contributed by atoms with Crippen molar-refractivity contribution in [2.45, 2.75) is 32.0 Å². The average molecular weight is 360 g/mol. The number of benzene rings is 2. The van der Waals surface area contributed by atoms with Crippen molar-refractivity contribution in [2.75, 3.05) is 18.0 Å². The molecule has 1 saturated heterocycles. The van der Waals surface area contributed by atoms with Gasteiger partial charge in [-0.05, 0) is 36.6 Å². The van der Waals surface area contributed by atoms with Crippen LogP contribution in [0, 0.1) is 6.92 Å². The number of aryl methyl sites for hydroxylation is 1. The molecule has 132 valence electrons. The van der Waals surface area contributed by atoms with E-state index in [-0.39, 0.29) is 30.6 Å². The van der Waals surface area contributed by atoms with Crippen LogP contribution in [0.5, 0.6) is 0 Å². The summed E-state index contributed by atoms with van der Waals surface area (Å²) in [6.07, 6.45) is 0.982. The Balaban J connectivity index is 0.00000182. The fourth-order valence-electron chi connectivity index (χ4n) is 3.62. The van der Waals surface area contributed by atoms with Gasteiger partial charge in [-0.2, -0.15) is 0 Å². The monoisotopic (exact) mass is 359 g/mol. The molecule has 0 saturated carbocycles. The summed E-state index contributed by atoms with van der Waals surface area (Å²) in [5.74, 6) is -0.245. The lowest BCUT2D eigenvalue weighted by Gasteiger charge is -2.18. The van der Waals surface area contributed by atoms with Crippen molar-refractivity contribution in [2.24, 2.45) is 0 Å². The van der Waals surface area contributed by atoms with Crippen molar-refractivity contribution in [3.05, 3.63) is 64.7 Å². The molecular weight excluding hydrogens is 338 g/mol. The van der Waals surface area contributed by atoms with Gasteiger partial charge in [0.2, 0.25) is 0 Å². The van der Waals surface area contributed by atoms with Gasteiger partial charge in [-0.15, -0.1) is 12.4 Å². The van der Waals surface area contributed by atoms with Gasteiger partial charge in [0.15, 0.2) is 0 Å². The molecule has 0 radical (unpaired) electrons. The third-order valence-corrected chi connectivity index (χ3v) is 5.05. The summed E-state index contributed by atoms with van der Waals surface area (Å²) >= 11 is 0. The molecule has 2 atom stereocenters. The number of nitrogens with zero attached hydrogens (tertiary/aromatic N) is 1. The summed E-state index contributed by atoms with van der Waals surface area (Å²) in [6.45, 7) is 3.52. The minimum atomic E-state index is -0.279. The number of fused-ring (bicyclic) bond motifs is 1. The van der Waals surface area contributed by atoms with E-state index in [1.807, 2.05) is 30.3 Å². The van der Waals surface area contributed by atoms with Gasteiger partial charge in [-0.1, -0.05) is 30.3 Å². The summed E-state index contributed by atoms with van der Waals surface area (Å²) < 4.78 is 5.62. The molecule has 0 amide bonds. The standard InChI is InChI=1S/C20H21NO3.ClH/c1-13-4-2-3-5-14(13)10-19-17-7-6-15(11-18(17)20(23)24-19)21-9-8-16(22)12-21;/h2-7,11,16,19,22H,8-10,12H2,1H3;1H/t16-,19?;/m1./s1. The Kier molecular flexibility index (Phi) is 5.02. The first kappa shape index (κ1) is 17.8. The number of esters is 1. The van der Waals surface area contributed by atoms with Gasteiger partial charge in [0.1, 0.15) is 6.10 Å². The van der Waals surface area contributed by atoms with E-state index in [2.05, 4.69) is 24.0 Å². The zero-order chi connectivity index (χ0) is 16.7. The zero-order valence-electron chi connectivity index (χ0n) is 14.1. The normalized spacial score (nSPS) is 21.7. The van der Waals surface area contributed by atoms with E-state index in [1.165, 1.54) is 11.1 Å². The Morgan fingerprint density at radius 1 is 1.24 bits per heavy atom. The van der Waals surface area contributed by atoms with Crippen LogP contribution in [0.4, 0.5) is 5.69 Å². The highest BCUT2D eigenvalue weighted by molar-refractivity contribution is 5.95. The molecule has 25 heavy (non-hydrogen) atoms. The number of hydrogen-bond donors (Lipinski definition) is 1. The maximum absolute atomic E-state index is 12.3. The number of hydrogen-bond acceptors (Lipinski definition) is 4. The van der Waals surface area contributed by atoms with Crippen LogP contribution in [0.2, 0.25) is 0 Å². The molecule has 4 nitrogen and oxygen atoms in total. The highest BCUT2D eigenvalue weighted by Crippen LogP contribution is 2.36. The van der Waals surface area contributed by atoms with E-state index in [0.717, 1.165) is 24.2 Å². The molecule has 2 heterocycles. The quantitative estimate of drug-likeness (QED) is 0.853. The first-order valence-electron chi connectivity index (χ1n) is 8.44. The van der Waals surface area contributed by atoms with Crippen LogP contribution in [-0.2, 0) is 11.2 Å². The lowest BCUT2D eigenvalue weighted by Crippen LogP contribution is -2.21. The largest absolute Gasteiger partial charge is 0.454 e. The fraction of sp³-hybridized carbons (Fsp3) is 0.350. The SMILES string of the molecule is Cc1ccccc1CC1OC(=O)c2cc(N3CC[C@@H](O)C3)ccc21.Cl. The van der Waals surface area contributed by atoms with Crippen molar-refractivity contribution in [1.29, 1.82) is 0 Å². The van der Waals surface area contributed by atoms with E-state index in [0.29, 0.717) is 18.5 Å². The van der Waals surface area contributed by atoms with E-state index in [1.54, 1.807) is 0 Å². The summed E-state index contributed by atoms with van der Waals surface area (Å²) in [5, 5.41) is 9.71. The predicted molar refractivity (Wildman–Crippen MR) is 99.6 cm³/mol. The van der Waals surface area contributed by atoms with E-state index < -0.39 is 0 Å². The van der Waals surface area contributed by atoms with E-state index >= 15 is 0 Å². The first-order valence-corrected chi connectivity index (χ1v) is 8.44. The third kappa shape index (κ3) is 3.37. The van der Waals surface area contributed by atoms with Gasteiger partial charge < -0.3 is 14.7 Å². The summed E-state index contributed by atoms with van der Waals surface area (Å²) in [6, 6.07) is 14.1. The Morgan fingerprint density at radius 3 is 2.76 bits per heavy atom. The molecule has 0 aliphatic carbocycles. The van der Waals surface area contributed by atoms with Crippen LogP contribution in [0.15, 0.2) is 42.5 Å². The van der Waals surface area contributed by atoms with Crippen LogP contribution in [0.1, 0.15) is 39.6 Å². The number of carbonyl (C=O) groups is 1. The molecule has 5 heteroatoms. The molecule has 1 unspecified atom stereocenters. The number of rotatable bonds is 3. The molecule has 2 aromatic carbocycles. The van der Waals surface area contributed by atoms with Gasteiger partial charge in [0.05, 0.1) is 11.7 Å². The second kappa shape index (κ2) is 7.06. The van der Waals surface area contributed by atoms with Crippen molar-refractivity contribution in [3.63, 3.8) is 0 Å². The fourth-order valence-corrected chi connectivity index (χ4v) is 3.62. The number of anilines is 1. The van der Waals surface area contributed by atoms with Gasteiger partial charge in [-0.25, -0.2) is 4.79 Å². The Bertz CT molecular complexity index is 792. The highest BCUT2D eigenvalue weighted by Gasteiger charge is 2.32. The summed E-state index contributed by atoms with van der Waals surface area (Å²) in [5.41, 5.74) is 5.03. The van der Waals surface area contributed by atoms with Gasteiger partial charge in [0.25, 0.3) is 0 Å². The van der Waals surface area contributed by atoms with Crippen LogP contribution < -0.4 is 4.90 Å². The molecule has 2 aromatic rings. The molecule has 0 bridgehead atoms. The van der Waals surface area contributed by atoms with Gasteiger partial charge >= 0.3 is 5.97 Å². The number of halogens is 1. The van der Waals surface area contributed by atoms with Crippen LogP contribution in [0.3, 0.4) is 0 Å². The molecule has 1 fully saturated rings. The number of aliphatic hydroxyl groups is 1. The maximum Gasteiger partial charge on any atom is 0.339 e. The smallest absolute Gasteiger partial charge is 0.339 e. The number of β-amino-alcohol motifs (C(OH)–C–C–N with tert-alkyl or cyclic N) is 1. The predicted octanol–water partition coefficient (Wildman–Crippen LogP) is 3.44. The number of aliphatic hydroxyl groups excluding tert-OH is 1. The molecule has 0 spiro atoms. The second-order valence-corrected chi connectivity index (χ2v) is 6.68. The zero-order valence-corrected chi connectivity index (χ0v) is 15.0. The molecule has 4 rings (SSSR count). The molecule has 2 aliphatic rings. The first-order chi connectivity index (χ1) is 11.6. The number of carbonyl (C=O) groups excluding carboxylic acids is 1. The van der Waals surface area contributed by atoms with E-state index in [9.17, 15) is 9.90 Å². The summed E-state index contributed by atoms with van der Waals surface area (Å²) in [7, 11) is 0. The number of cyclic esters (lactones) is 1.